The number of hydrogen-bond donors (Lipinski definition) is 1. The summed E-state index contributed by atoms with van der Waals surface area (Å²) in [6.07, 6.45) is -4.88. The van der Waals surface area contributed by atoms with Gasteiger partial charge in [0.15, 0.2) is 5.54 Å². The molecule has 0 bridgehead atoms. The van der Waals surface area contributed by atoms with Gasteiger partial charge in [0.25, 0.3) is 5.91 Å². The molecule has 1 unspecified atom stereocenters. The molecule has 0 aromatic heterocycles. The highest BCUT2D eigenvalue weighted by molar-refractivity contribution is 6.00. The van der Waals surface area contributed by atoms with E-state index < -0.39 is 23.4 Å². The van der Waals surface area contributed by atoms with Gasteiger partial charge >= 0.3 is 6.18 Å². The molecule has 0 saturated carbocycles. The van der Waals surface area contributed by atoms with Gasteiger partial charge in [-0.3, -0.25) is 4.79 Å². The van der Waals surface area contributed by atoms with Crippen molar-refractivity contribution in [1.82, 2.24) is 0 Å². The molecule has 0 aliphatic heterocycles. The summed E-state index contributed by atoms with van der Waals surface area (Å²) in [5, 5.41) is 0. The average Bonchev–Trinajstić information content (AvgIpc) is 2.25. The third kappa shape index (κ3) is 2.61. The van der Waals surface area contributed by atoms with Crippen LogP contribution >= 0.6 is 0 Å². The fraction of sp³-hybridized carbons (Fsp3) is 0.364. The fourth-order valence-corrected chi connectivity index (χ4v) is 1.27. The minimum Gasteiger partial charge on any atom is -0.314 e. The largest absolute Gasteiger partial charge is 0.415 e. The lowest BCUT2D eigenvalue weighted by Gasteiger charge is -2.30. The third-order valence-corrected chi connectivity index (χ3v) is 2.53. The van der Waals surface area contributed by atoms with Crippen LogP contribution in [0, 0.1) is 5.82 Å². The normalized spacial score (nSPS) is 15.1. The van der Waals surface area contributed by atoms with Gasteiger partial charge in [0.05, 0.1) is 0 Å². The summed E-state index contributed by atoms with van der Waals surface area (Å²) in [7, 11) is 1.11. The molecule has 7 heteroatoms. The van der Waals surface area contributed by atoms with E-state index in [1.54, 1.807) is 0 Å². The zero-order valence-electron chi connectivity index (χ0n) is 9.75. The van der Waals surface area contributed by atoms with Crippen molar-refractivity contribution in [2.75, 3.05) is 11.9 Å². The SMILES string of the molecule is CN(C(=O)C(C)(N)C(F)(F)F)c1cccc(F)c1. The van der Waals surface area contributed by atoms with Crippen LogP contribution in [-0.2, 0) is 4.79 Å². The van der Waals surface area contributed by atoms with E-state index in [0.717, 1.165) is 19.2 Å². The quantitative estimate of drug-likeness (QED) is 0.831. The molecular weight excluding hydrogens is 252 g/mol. The monoisotopic (exact) mass is 264 g/mol. The number of hydrogen-bond acceptors (Lipinski definition) is 2. The van der Waals surface area contributed by atoms with E-state index >= 15 is 0 Å². The summed E-state index contributed by atoms with van der Waals surface area (Å²) in [4.78, 5) is 12.4. The molecule has 0 saturated heterocycles. The van der Waals surface area contributed by atoms with E-state index in [0.29, 0.717) is 11.8 Å². The summed E-state index contributed by atoms with van der Waals surface area (Å²) in [6, 6.07) is 4.67. The maximum absolute atomic E-state index is 12.9. The molecule has 0 spiro atoms. The minimum atomic E-state index is -4.88. The van der Waals surface area contributed by atoms with Crippen molar-refractivity contribution in [2.45, 2.75) is 18.6 Å². The second-order valence-electron chi connectivity index (χ2n) is 4.04. The zero-order valence-corrected chi connectivity index (χ0v) is 9.75. The number of halogens is 4. The van der Waals surface area contributed by atoms with Gasteiger partial charge in [0, 0.05) is 12.7 Å². The Labute approximate surface area is 101 Å². The van der Waals surface area contributed by atoms with Crippen LogP contribution in [0.5, 0.6) is 0 Å². The highest BCUT2D eigenvalue weighted by Gasteiger charge is 2.55. The number of carbonyl (C=O) groups is 1. The Kier molecular flexibility index (Phi) is 3.66. The molecule has 1 amide bonds. The number of anilines is 1. The second-order valence-corrected chi connectivity index (χ2v) is 4.04. The summed E-state index contributed by atoms with van der Waals surface area (Å²) in [5.74, 6) is -2.02. The number of likely N-dealkylation sites (N-methyl/N-ethyl adjacent to an activating group) is 1. The number of benzene rings is 1. The summed E-state index contributed by atoms with van der Waals surface area (Å²) >= 11 is 0. The van der Waals surface area contributed by atoms with Gasteiger partial charge in [-0.2, -0.15) is 13.2 Å². The van der Waals surface area contributed by atoms with E-state index in [1.165, 1.54) is 12.1 Å². The molecular formula is C11H12F4N2O. The number of carbonyl (C=O) groups excluding carboxylic acids is 1. The van der Waals surface area contributed by atoms with Crippen LogP contribution < -0.4 is 10.6 Å². The predicted molar refractivity (Wildman–Crippen MR) is 58.5 cm³/mol. The topological polar surface area (TPSA) is 46.3 Å². The van der Waals surface area contributed by atoms with Crippen LogP contribution in [0.3, 0.4) is 0 Å². The fourth-order valence-electron chi connectivity index (χ4n) is 1.27. The van der Waals surface area contributed by atoms with Gasteiger partial charge in [0.1, 0.15) is 5.82 Å². The van der Waals surface area contributed by atoms with Gasteiger partial charge in [0.2, 0.25) is 0 Å². The van der Waals surface area contributed by atoms with Crippen molar-refractivity contribution in [2.24, 2.45) is 5.73 Å². The lowest BCUT2D eigenvalue weighted by molar-refractivity contribution is -0.185. The Hall–Kier alpha value is -1.63. The van der Waals surface area contributed by atoms with Crippen LogP contribution in [0.2, 0.25) is 0 Å². The first kappa shape index (κ1) is 14.4. The molecule has 1 aromatic rings. The Morgan fingerprint density at radius 2 is 1.89 bits per heavy atom. The van der Waals surface area contributed by atoms with Gasteiger partial charge in [-0.15, -0.1) is 0 Å². The molecule has 2 N–H and O–H groups in total. The van der Waals surface area contributed by atoms with Crippen LogP contribution in [0.25, 0.3) is 0 Å². The minimum absolute atomic E-state index is 0.000856. The molecule has 0 heterocycles. The van der Waals surface area contributed by atoms with Crippen LogP contribution in [0.4, 0.5) is 23.2 Å². The molecule has 1 aromatic carbocycles. The molecule has 0 aliphatic rings. The maximum Gasteiger partial charge on any atom is 0.415 e. The highest BCUT2D eigenvalue weighted by Crippen LogP contribution is 2.30. The number of alkyl halides is 3. The zero-order chi connectivity index (χ0) is 14.1. The van der Waals surface area contributed by atoms with Crippen molar-refractivity contribution < 1.29 is 22.4 Å². The van der Waals surface area contributed by atoms with E-state index in [2.05, 4.69) is 0 Å². The summed E-state index contributed by atoms with van der Waals surface area (Å²) in [6.45, 7) is 0.575. The first-order valence-electron chi connectivity index (χ1n) is 4.96. The van der Waals surface area contributed by atoms with Gasteiger partial charge < -0.3 is 10.6 Å². The molecule has 100 valence electrons. The van der Waals surface area contributed by atoms with Crippen molar-refractivity contribution in [3.8, 4) is 0 Å². The number of nitrogens with zero attached hydrogens (tertiary/aromatic N) is 1. The predicted octanol–water partition coefficient (Wildman–Crippen LogP) is 2.07. The lowest BCUT2D eigenvalue weighted by atomic mass is 10.0. The van der Waals surface area contributed by atoms with E-state index in [1.807, 2.05) is 0 Å². The highest BCUT2D eigenvalue weighted by atomic mass is 19.4. The Morgan fingerprint density at radius 1 is 1.33 bits per heavy atom. The van der Waals surface area contributed by atoms with Gasteiger partial charge in [-0.1, -0.05) is 6.07 Å². The van der Waals surface area contributed by atoms with Crippen molar-refractivity contribution in [3.63, 3.8) is 0 Å². The molecule has 3 nitrogen and oxygen atoms in total. The van der Waals surface area contributed by atoms with Crippen LogP contribution in [-0.4, -0.2) is 24.7 Å². The van der Waals surface area contributed by atoms with Crippen LogP contribution in [0.1, 0.15) is 6.92 Å². The third-order valence-electron chi connectivity index (χ3n) is 2.53. The molecule has 18 heavy (non-hydrogen) atoms. The Morgan fingerprint density at radius 3 is 2.33 bits per heavy atom. The molecule has 1 atom stereocenters. The molecule has 0 fully saturated rings. The van der Waals surface area contributed by atoms with Gasteiger partial charge in [-0.25, -0.2) is 4.39 Å². The van der Waals surface area contributed by atoms with Crippen molar-refractivity contribution >= 4 is 11.6 Å². The smallest absolute Gasteiger partial charge is 0.314 e. The number of rotatable bonds is 2. The van der Waals surface area contributed by atoms with E-state index in [4.69, 9.17) is 5.73 Å². The Bertz CT molecular complexity index is 457. The van der Waals surface area contributed by atoms with Crippen LogP contribution in [0.15, 0.2) is 24.3 Å². The van der Waals surface area contributed by atoms with E-state index in [-0.39, 0.29) is 5.69 Å². The lowest BCUT2D eigenvalue weighted by Crippen LogP contribution is -2.61. The first-order chi connectivity index (χ1) is 8.07. The maximum atomic E-state index is 12.9. The number of nitrogens with two attached hydrogens (primary N) is 1. The molecule has 0 radical (unpaired) electrons. The van der Waals surface area contributed by atoms with Crippen molar-refractivity contribution in [3.05, 3.63) is 30.1 Å². The van der Waals surface area contributed by atoms with Gasteiger partial charge in [-0.05, 0) is 25.1 Å². The first-order valence-corrected chi connectivity index (χ1v) is 4.96. The molecule has 0 aliphatic carbocycles. The standard InChI is InChI=1S/C11H12F4N2O/c1-10(16,11(13,14)15)9(18)17(2)8-5-3-4-7(12)6-8/h3-6H,16H2,1-2H3. The second kappa shape index (κ2) is 4.56. The van der Waals surface area contributed by atoms with Crippen molar-refractivity contribution in [1.29, 1.82) is 0 Å². The van der Waals surface area contributed by atoms with E-state index in [9.17, 15) is 22.4 Å². The summed E-state index contributed by atoms with van der Waals surface area (Å²) in [5.41, 5.74) is 1.98. The number of amides is 1. The Balaban J connectivity index is 3.05. The molecule has 1 rings (SSSR count). The summed E-state index contributed by atoms with van der Waals surface area (Å²) < 4.78 is 50.7. The average molecular weight is 264 g/mol.